The van der Waals surface area contributed by atoms with Gasteiger partial charge < -0.3 is 4.79 Å². The topological polar surface area (TPSA) is 42.9 Å². The molecule has 0 aliphatic rings. The maximum atomic E-state index is 10.3. The average molecular weight is 207 g/mol. The summed E-state index contributed by atoms with van der Waals surface area (Å²) in [7, 11) is 0. The summed E-state index contributed by atoms with van der Waals surface area (Å²) in [5, 5.41) is 9.20. The SMILES string of the molecule is O=CCc1nnc2ccccc2c1Cl. The monoisotopic (exact) mass is 206 g/mol. The van der Waals surface area contributed by atoms with Crippen LogP contribution in [0.5, 0.6) is 0 Å². The molecule has 4 heteroatoms. The van der Waals surface area contributed by atoms with Crippen LogP contribution in [-0.4, -0.2) is 16.5 Å². The molecule has 0 spiro atoms. The minimum atomic E-state index is 0.205. The van der Waals surface area contributed by atoms with Crippen molar-refractivity contribution in [3.63, 3.8) is 0 Å². The second-order valence-corrected chi connectivity index (χ2v) is 3.23. The molecule has 0 bridgehead atoms. The van der Waals surface area contributed by atoms with Crippen molar-refractivity contribution in [1.29, 1.82) is 0 Å². The van der Waals surface area contributed by atoms with Gasteiger partial charge in [-0.15, -0.1) is 0 Å². The predicted molar refractivity (Wildman–Crippen MR) is 54.3 cm³/mol. The molecule has 0 N–H and O–H groups in total. The highest BCUT2D eigenvalue weighted by molar-refractivity contribution is 6.36. The molecule has 14 heavy (non-hydrogen) atoms. The Kier molecular flexibility index (Phi) is 2.41. The summed E-state index contributed by atoms with van der Waals surface area (Å²) in [4.78, 5) is 10.3. The quantitative estimate of drug-likeness (QED) is 0.706. The molecule has 1 aromatic heterocycles. The fourth-order valence-electron chi connectivity index (χ4n) is 1.27. The van der Waals surface area contributed by atoms with Gasteiger partial charge in [0.1, 0.15) is 6.29 Å². The number of carbonyl (C=O) groups is 1. The Morgan fingerprint density at radius 3 is 2.86 bits per heavy atom. The van der Waals surface area contributed by atoms with Crippen LogP contribution >= 0.6 is 11.6 Å². The van der Waals surface area contributed by atoms with Gasteiger partial charge in [0.25, 0.3) is 0 Å². The van der Waals surface area contributed by atoms with Crippen LogP contribution in [0.3, 0.4) is 0 Å². The Morgan fingerprint density at radius 1 is 1.29 bits per heavy atom. The number of aldehydes is 1. The highest BCUT2D eigenvalue weighted by Gasteiger charge is 2.06. The van der Waals surface area contributed by atoms with E-state index in [1.165, 1.54) is 0 Å². The van der Waals surface area contributed by atoms with Crippen LogP contribution in [0.1, 0.15) is 5.69 Å². The third kappa shape index (κ3) is 1.46. The minimum absolute atomic E-state index is 0.205. The van der Waals surface area contributed by atoms with Crippen LogP contribution in [0.25, 0.3) is 10.9 Å². The van der Waals surface area contributed by atoms with Crippen LogP contribution < -0.4 is 0 Å². The van der Waals surface area contributed by atoms with E-state index in [1.807, 2.05) is 24.3 Å². The largest absolute Gasteiger partial charge is 0.303 e. The highest BCUT2D eigenvalue weighted by atomic mass is 35.5. The summed E-state index contributed by atoms with van der Waals surface area (Å²) in [5.74, 6) is 0. The van der Waals surface area contributed by atoms with Crippen molar-refractivity contribution in [1.82, 2.24) is 10.2 Å². The molecule has 0 aliphatic heterocycles. The molecular weight excluding hydrogens is 200 g/mol. The van der Waals surface area contributed by atoms with E-state index >= 15 is 0 Å². The maximum Gasteiger partial charge on any atom is 0.126 e. The molecule has 0 atom stereocenters. The number of benzene rings is 1. The van der Waals surface area contributed by atoms with Gasteiger partial charge in [-0.3, -0.25) is 0 Å². The number of hydrogen-bond acceptors (Lipinski definition) is 3. The molecule has 0 aliphatic carbocycles. The van der Waals surface area contributed by atoms with E-state index < -0.39 is 0 Å². The molecular formula is C10H7ClN2O. The third-order valence-electron chi connectivity index (χ3n) is 1.95. The van der Waals surface area contributed by atoms with Crippen molar-refractivity contribution < 1.29 is 4.79 Å². The van der Waals surface area contributed by atoms with Gasteiger partial charge in [-0.05, 0) is 6.07 Å². The van der Waals surface area contributed by atoms with Gasteiger partial charge in [0.15, 0.2) is 0 Å². The number of nitrogens with zero attached hydrogens (tertiary/aromatic N) is 2. The zero-order chi connectivity index (χ0) is 9.97. The number of halogens is 1. The van der Waals surface area contributed by atoms with Gasteiger partial charge in [0, 0.05) is 11.8 Å². The molecule has 3 nitrogen and oxygen atoms in total. The van der Waals surface area contributed by atoms with Crippen molar-refractivity contribution in [3.8, 4) is 0 Å². The summed E-state index contributed by atoms with van der Waals surface area (Å²) in [6.45, 7) is 0. The molecule has 1 aromatic carbocycles. The highest BCUT2D eigenvalue weighted by Crippen LogP contribution is 2.23. The van der Waals surface area contributed by atoms with Crippen LogP contribution in [0.4, 0.5) is 0 Å². The number of hydrogen-bond donors (Lipinski definition) is 0. The molecule has 1 heterocycles. The Morgan fingerprint density at radius 2 is 2.07 bits per heavy atom. The first kappa shape index (κ1) is 9.09. The zero-order valence-corrected chi connectivity index (χ0v) is 8.03. The third-order valence-corrected chi connectivity index (χ3v) is 2.37. The second kappa shape index (κ2) is 3.72. The molecule has 0 fully saturated rings. The fraction of sp³-hybridized carbons (Fsp3) is 0.100. The molecule has 0 saturated heterocycles. The average Bonchev–Trinajstić information content (AvgIpc) is 2.23. The lowest BCUT2D eigenvalue weighted by Crippen LogP contribution is -1.96. The van der Waals surface area contributed by atoms with Crippen molar-refractivity contribution in [2.24, 2.45) is 0 Å². The van der Waals surface area contributed by atoms with E-state index in [2.05, 4.69) is 10.2 Å². The van der Waals surface area contributed by atoms with Gasteiger partial charge in [-0.25, -0.2) is 0 Å². The van der Waals surface area contributed by atoms with Crippen LogP contribution in [-0.2, 0) is 11.2 Å². The smallest absolute Gasteiger partial charge is 0.126 e. The van der Waals surface area contributed by atoms with E-state index in [0.29, 0.717) is 10.7 Å². The minimum Gasteiger partial charge on any atom is -0.303 e. The van der Waals surface area contributed by atoms with Gasteiger partial charge in [-0.1, -0.05) is 29.8 Å². The van der Waals surface area contributed by atoms with E-state index in [-0.39, 0.29) is 6.42 Å². The maximum absolute atomic E-state index is 10.3. The predicted octanol–water partition coefficient (Wildman–Crippen LogP) is 2.02. The fourth-order valence-corrected chi connectivity index (χ4v) is 1.54. The Labute approximate surface area is 85.7 Å². The normalized spacial score (nSPS) is 10.4. The molecule has 0 unspecified atom stereocenters. The standard InChI is InChI=1S/C10H7ClN2O/c11-10-7-3-1-2-4-8(7)12-13-9(10)5-6-14/h1-4,6H,5H2. The summed E-state index contributed by atoms with van der Waals surface area (Å²) in [5.41, 5.74) is 1.27. The molecule has 2 aromatic rings. The van der Waals surface area contributed by atoms with Gasteiger partial charge in [-0.2, -0.15) is 10.2 Å². The molecule has 2 rings (SSSR count). The van der Waals surface area contributed by atoms with Crippen LogP contribution in [0.15, 0.2) is 24.3 Å². The molecule has 0 radical (unpaired) electrons. The summed E-state index contributed by atoms with van der Waals surface area (Å²) >= 11 is 6.06. The van der Waals surface area contributed by atoms with Crippen molar-refractivity contribution in [2.45, 2.75) is 6.42 Å². The van der Waals surface area contributed by atoms with Crippen molar-refractivity contribution in [3.05, 3.63) is 35.0 Å². The first-order valence-corrected chi connectivity index (χ1v) is 4.54. The van der Waals surface area contributed by atoms with Gasteiger partial charge in [0.2, 0.25) is 0 Å². The van der Waals surface area contributed by atoms with Gasteiger partial charge >= 0.3 is 0 Å². The number of carbonyl (C=O) groups excluding carboxylic acids is 1. The van der Waals surface area contributed by atoms with E-state index in [4.69, 9.17) is 11.6 Å². The Bertz CT molecular complexity index is 485. The van der Waals surface area contributed by atoms with Crippen LogP contribution in [0, 0.1) is 0 Å². The summed E-state index contributed by atoms with van der Waals surface area (Å²) in [6.07, 6.45) is 0.974. The first-order chi connectivity index (χ1) is 6.83. The number of rotatable bonds is 2. The summed E-state index contributed by atoms with van der Waals surface area (Å²) in [6, 6.07) is 7.44. The van der Waals surface area contributed by atoms with E-state index in [0.717, 1.165) is 17.2 Å². The van der Waals surface area contributed by atoms with E-state index in [9.17, 15) is 4.79 Å². The van der Waals surface area contributed by atoms with Crippen LogP contribution in [0.2, 0.25) is 5.02 Å². The second-order valence-electron chi connectivity index (χ2n) is 2.85. The first-order valence-electron chi connectivity index (χ1n) is 4.16. The van der Waals surface area contributed by atoms with Crippen molar-refractivity contribution >= 4 is 28.8 Å². The zero-order valence-electron chi connectivity index (χ0n) is 7.27. The lowest BCUT2D eigenvalue weighted by molar-refractivity contribution is -0.107. The Hall–Kier alpha value is -1.48. The number of aromatic nitrogens is 2. The lowest BCUT2D eigenvalue weighted by atomic mass is 10.2. The molecule has 0 saturated carbocycles. The van der Waals surface area contributed by atoms with Gasteiger partial charge in [0.05, 0.1) is 16.2 Å². The number of fused-ring (bicyclic) bond motifs is 1. The summed E-state index contributed by atoms with van der Waals surface area (Å²) < 4.78 is 0. The Balaban J connectivity index is 2.68. The van der Waals surface area contributed by atoms with E-state index in [1.54, 1.807) is 0 Å². The molecule has 70 valence electrons. The lowest BCUT2D eigenvalue weighted by Gasteiger charge is -2.01. The van der Waals surface area contributed by atoms with Crippen molar-refractivity contribution in [2.75, 3.05) is 0 Å². The molecule has 0 amide bonds.